The highest BCUT2D eigenvalue weighted by Crippen LogP contribution is 2.08. The number of hydrogen-bond donors (Lipinski definition) is 0. The molecule has 12 heavy (non-hydrogen) atoms. The van der Waals surface area contributed by atoms with Crippen molar-refractivity contribution in [3.05, 3.63) is 30.3 Å². The lowest BCUT2D eigenvalue weighted by atomic mass is 10.2. The van der Waals surface area contributed by atoms with E-state index >= 15 is 0 Å². The predicted molar refractivity (Wildman–Crippen MR) is 47.2 cm³/mol. The largest absolute Gasteiger partial charge is 0.493 e. The van der Waals surface area contributed by atoms with Gasteiger partial charge in [0.2, 0.25) is 0 Å². The van der Waals surface area contributed by atoms with E-state index in [0.717, 1.165) is 12.0 Å². The molecule has 1 atom stereocenters. The Morgan fingerprint density at radius 1 is 1.42 bits per heavy atom. The fourth-order valence-corrected chi connectivity index (χ4v) is 0.784. The lowest BCUT2D eigenvalue weighted by molar-refractivity contribution is -0.111. The summed E-state index contributed by atoms with van der Waals surface area (Å²) in [4.78, 5) is 10.2. The first-order chi connectivity index (χ1) is 5.83. The molecule has 2 nitrogen and oxygen atoms in total. The average Bonchev–Trinajstić information content (AvgIpc) is 2.16. The van der Waals surface area contributed by atoms with E-state index in [0.29, 0.717) is 6.61 Å². The van der Waals surface area contributed by atoms with Crippen molar-refractivity contribution in [3.63, 3.8) is 0 Å². The lowest BCUT2D eigenvalue weighted by Crippen LogP contribution is -2.09. The standard InChI is InChI=1S/C10H12O2/c1-9(7-11)8-12-10-5-3-2-4-6-10/h2-7,9H,8H2,1H3. The fourth-order valence-electron chi connectivity index (χ4n) is 0.784. The van der Waals surface area contributed by atoms with Crippen LogP contribution in [0.15, 0.2) is 30.3 Å². The number of benzene rings is 1. The highest BCUT2D eigenvalue weighted by atomic mass is 16.5. The van der Waals surface area contributed by atoms with Crippen molar-refractivity contribution in [2.24, 2.45) is 5.92 Å². The van der Waals surface area contributed by atoms with Gasteiger partial charge >= 0.3 is 0 Å². The molecule has 0 aromatic heterocycles. The Labute approximate surface area is 72.2 Å². The van der Waals surface area contributed by atoms with Gasteiger partial charge in [-0.05, 0) is 12.1 Å². The Morgan fingerprint density at radius 3 is 2.67 bits per heavy atom. The molecule has 0 fully saturated rings. The minimum absolute atomic E-state index is 0.0368. The third kappa shape index (κ3) is 2.74. The van der Waals surface area contributed by atoms with Crippen LogP contribution in [0, 0.1) is 5.92 Å². The predicted octanol–water partition coefficient (Wildman–Crippen LogP) is 1.90. The smallest absolute Gasteiger partial charge is 0.126 e. The van der Waals surface area contributed by atoms with Crippen molar-refractivity contribution in [1.82, 2.24) is 0 Å². The second-order valence-electron chi connectivity index (χ2n) is 2.74. The zero-order valence-corrected chi connectivity index (χ0v) is 7.07. The van der Waals surface area contributed by atoms with Crippen molar-refractivity contribution < 1.29 is 9.53 Å². The molecule has 1 rings (SSSR count). The molecule has 0 bridgehead atoms. The molecule has 0 heterocycles. The van der Waals surface area contributed by atoms with Gasteiger partial charge in [0.25, 0.3) is 0 Å². The SMILES string of the molecule is CC(C=O)COc1ccccc1. The Hall–Kier alpha value is -1.31. The topological polar surface area (TPSA) is 26.3 Å². The van der Waals surface area contributed by atoms with Gasteiger partial charge in [-0.25, -0.2) is 0 Å². The Morgan fingerprint density at radius 2 is 2.08 bits per heavy atom. The summed E-state index contributed by atoms with van der Waals surface area (Å²) in [6.07, 6.45) is 0.892. The maximum atomic E-state index is 10.2. The van der Waals surface area contributed by atoms with Crippen molar-refractivity contribution in [1.29, 1.82) is 0 Å². The molecular formula is C10H12O2. The Kier molecular flexibility index (Phi) is 3.33. The first kappa shape index (κ1) is 8.78. The van der Waals surface area contributed by atoms with Crippen molar-refractivity contribution in [2.75, 3.05) is 6.61 Å². The molecule has 0 radical (unpaired) electrons. The van der Waals surface area contributed by atoms with Crippen molar-refractivity contribution >= 4 is 6.29 Å². The molecule has 0 spiro atoms. The van der Waals surface area contributed by atoms with E-state index in [9.17, 15) is 4.79 Å². The second kappa shape index (κ2) is 4.54. The highest BCUT2D eigenvalue weighted by molar-refractivity contribution is 5.52. The highest BCUT2D eigenvalue weighted by Gasteiger charge is 1.99. The number of carbonyl (C=O) groups excluding carboxylic acids is 1. The molecule has 2 heteroatoms. The summed E-state index contributed by atoms with van der Waals surface area (Å²) in [7, 11) is 0. The molecule has 64 valence electrons. The molecule has 1 unspecified atom stereocenters. The van der Waals surface area contributed by atoms with E-state index in [1.165, 1.54) is 0 Å². The van der Waals surface area contributed by atoms with Gasteiger partial charge in [0.1, 0.15) is 12.0 Å². The number of para-hydroxylation sites is 1. The van der Waals surface area contributed by atoms with Crippen LogP contribution in [0.2, 0.25) is 0 Å². The summed E-state index contributed by atoms with van der Waals surface area (Å²) in [5.41, 5.74) is 0. The van der Waals surface area contributed by atoms with Gasteiger partial charge in [-0.3, -0.25) is 0 Å². The Bertz CT molecular complexity index is 231. The number of rotatable bonds is 4. The minimum Gasteiger partial charge on any atom is -0.493 e. The van der Waals surface area contributed by atoms with Crippen molar-refractivity contribution in [2.45, 2.75) is 6.92 Å². The number of ether oxygens (including phenoxy) is 1. The van der Waals surface area contributed by atoms with Gasteiger partial charge in [0.05, 0.1) is 6.61 Å². The number of aldehydes is 1. The molecule has 0 aliphatic carbocycles. The van der Waals surface area contributed by atoms with Crippen LogP contribution in [0.25, 0.3) is 0 Å². The van der Waals surface area contributed by atoms with Crippen LogP contribution in [-0.4, -0.2) is 12.9 Å². The van der Waals surface area contributed by atoms with Crippen LogP contribution in [0.1, 0.15) is 6.92 Å². The van der Waals surface area contributed by atoms with Crippen LogP contribution in [0.3, 0.4) is 0 Å². The molecule has 1 aromatic rings. The molecule has 0 N–H and O–H groups in total. The van der Waals surface area contributed by atoms with E-state index in [1.54, 1.807) is 0 Å². The quantitative estimate of drug-likeness (QED) is 0.635. The van der Waals surface area contributed by atoms with E-state index in [-0.39, 0.29) is 5.92 Å². The maximum absolute atomic E-state index is 10.2. The summed E-state index contributed by atoms with van der Waals surface area (Å²) < 4.78 is 5.33. The first-order valence-corrected chi connectivity index (χ1v) is 3.96. The fraction of sp³-hybridized carbons (Fsp3) is 0.300. The molecule has 0 amide bonds. The van der Waals surface area contributed by atoms with E-state index in [1.807, 2.05) is 37.3 Å². The van der Waals surface area contributed by atoms with Gasteiger partial charge in [-0.15, -0.1) is 0 Å². The molecule has 0 aliphatic heterocycles. The van der Waals surface area contributed by atoms with Crippen LogP contribution in [0.5, 0.6) is 5.75 Å². The van der Waals surface area contributed by atoms with E-state index < -0.39 is 0 Å². The number of carbonyl (C=O) groups is 1. The summed E-state index contributed by atoms with van der Waals surface area (Å²) in [5.74, 6) is 0.774. The molecule has 0 saturated heterocycles. The zero-order valence-electron chi connectivity index (χ0n) is 7.07. The zero-order chi connectivity index (χ0) is 8.81. The summed E-state index contributed by atoms with van der Waals surface area (Å²) in [5, 5.41) is 0. The minimum atomic E-state index is -0.0368. The molecule has 0 saturated carbocycles. The molecular weight excluding hydrogens is 152 g/mol. The van der Waals surface area contributed by atoms with Gasteiger partial charge in [-0.1, -0.05) is 25.1 Å². The van der Waals surface area contributed by atoms with Crippen LogP contribution in [-0.2, 0) is 4.79 Å². The normalized spacial score (nSPS) is 12.1. The van der Waals surface area contributed by atoms with E-state index in [4.69, 9.17) is 4.74 Å². The third-order valence-corrected chi connectivity index (χ3v) is 1.49. The first-order valence-electron chi connectivity index (χ1n) is 3.96. The average molecular weight is 164 g/mol. The van der Waals surface area contributed by atoms with Crippen LogP contribution in [0.4, 0.5) is 0 Å². The van der Waals surface area contributed by atoms with Crippen LogP contribution < -0.4 is 4.74 Å². The van der Waals surface area contributed by atoms with Gasteiger partial charge in [0.15, 0.2) is 0 Å². The molecule has 0 aliphatic rings. The third-order valence-electron chi connectivity index (χ3n) is 1.49. The van der Waals surface area contributed by atoms with Crippen molar-refractivity contribution in [3.8, 4) is 5.75 Å². The summed E-state index contributed by atoms with van der Waals surface area (Å²) >= 11 is 0. The maximum Gasteiger partial charge on any atom is 0.126 e. The number of hydrogen-bond acceptors (Lipinski definition) is 2. The van der Waals surface area contributed by atoms with E-state index in [2.05, 4.69) is 0 Å². The monoisotopic (exact) mass is 164 g/mol. The van der Waals surface area contributed by atoms with Gasteiger partial charge < -0.3 is 9.53 Å². The summed E-state index contributed by atoms with van der Waals surface area (Å²) in [6.45, 7) is 2.28. The summed E-state index contributed by atoms with van der Waals surface area (Å²) in [6, 6.07) is 9.48. The second-order valence-corrected chi connectivity index (χ2v) is 2.74. The lowest BCUT2D eigenvalue weighted by Gasteiger charge is -2.06. The van der Waals surface area contributed by atoms with Gasteiger partial charge in [0, 0.05) is 5.92 Å². The molecule has 1 aromatic carbocycles. The Balaban J connectivity index is 2.38. The van der Waals surface area contributed by atoms with Crippen LogP contribution >= 0.6 is 0 Å². The van der Waals surface area contributed by atoms with Gasteiger partial charge in [-0.2, -0.15) is 0 Å².